The highest BCUT2D eigenvalue weighted by atomic mass is 127. The second-order valence-electron chi connectivity index (χ2n) is 5.52. The molecule has 0 radical (unpaired) electrons. The van der Waals surface area contributed by atoms with Crippen LogP contribution < -0.4 is 10.6 Å². The van der Waals surface area contributed by atoms with Crippen molar-refractivity contribution in [1.29, 1.82) is 0 Å². The lowest BCUT2D eigenvalue weighted by molar-refractivity contribution is 0.523. The van der Waals surface area contributed by atoms with Crippen molar-refractivity contribution in [2.45, 2.75) is 17.3 Å². The van der Waals surface area contributed by atoms with Crippen LogP contribution in [0.2, 0.25) is 10.0 Å². The summed E-state index contributed by atoms with van der Waals surface area (Å²) in [7, 11) is 1.29. The monoisotopic (exact) mass is 562 g/mol. The van der Waals surface area contributed by atoms with Gasteiger partial charge in [-0.2, -0.15) is 0 Å². The van der Waals surface area contributed by atoms with E-state index in [1.54, 1.807) is 31.3 Å². The van der Waals surface area contributed by atoms with Crippen LogP contribution in [0.15, 0.2) is 39.5 Å². The van der Waals surface area contributed by atoms with E-state index < -0.39 is 10.0 Å². The average Bonchev–Trinajstić information content (AvgIpc) is 3.06. The van der Waals surface area contributed by atoms with Crippen LogP contribution in [-0.4, -0.2) is 39.8 Å². The lowest BCUT2D eigenvalue weighted by atomic mass is 10.2. The first-order valence-electron chi connectivity index (χ1n) is 7.63. The smallest absolute Gasteiger partial charge is 0.252 e. The van der Waals surface area contributed by atoms with Gasteiger partial charge < -0.3 is 10.6 Å². The second-order valence-corrected chi connectivity index (χ2v) is 9.91. The zero-order valence-electron chi connectivity index (χ0n) is 15.0. The third-order valence-electron chi connectivity index (χ3n) is 3.49. The first-order valence-corrected chi connectivity index (χ1v) is 10.6. The van der Waals surface area contributed by atoms with Crippen molar-refractivity contribution >= 4 is 74.5 Å². The highest BCUT2D eigenvalue weighted by Gasteiger charge is 2.19. The Labute approximate surface area is 191 Å². The fourth-order valence-electron chi connectivity index (χ4n) is 2.01. The van der Waals surface area contributed by atoms with Crippen LogP contribution in [0.5, 0.6) is 0 Å². The maximum atomic E-state index is 12.1. The number of nitrogens with one attached hydrogen (secondary N) is 2. The normalized spacial score (nSPS) is 12.0. The molecular weight excluding hydrogens is 542 g/mol. The summed E-state index contributed by atoms with van der Waals surface area (Å²) in [5.74, 6) is 0.585. The number of rotatable bonds is 6. The number of guanidine groups is 1. The molecule has 6 nitrogen and oxygen atoms in total. The van der Waals surface area contributed by atoms with Gasteiger partial charge in [-0.15, -0.1) is 35.3 Å². The molecule has 2 N–H and O–H groups in total. The highest BCUT2D eigenvalue weighted by molar-refractivity contribution is 14.0. The molecule has 0 atom stereocenters. The molecule has 2 aromatic rings. The van der Waals surface area contributed by atoms with Gasteiger partial charge in [0.05, 0.1) is 6.54 Å². The summed E-state index contributed by atoms with van der Waals surface area (Å²) < 4.78 is 25.7. The molecule has 1 heterocycles. The molecule has 27 heavy (non-hydrogen) atoms. The second kappa shape index (κ2) is 10.8. The van der Waals surface area contributed by atoms with Gasteiger partial charge in [-0.25, -0.2) is 12.7 Å². The molecule has 0 aliphatic carbocycles. The molecule has 0 aliphatic rings. The summed E-state index contributed by atoms with van der Waals surface area (Å²) >= 11 is 13.3. The third-order valence-corrected chi connectivity index (χ3v) is 7.44. The Hall–Kier alpha value is -0.590. The number of hydrogen-bond donors (Lipinski definition) is 2. The first kappa shape index (κ1) is 24.4. The van der Waals surface area contributed by atoms with Crippen LogP contribution in [-0.2, 0) is 23.1 Å². The number of thiophene rings is 1. The van der Waals surface area contributed by atoms with Crippen molar-refractivity contribution in [1.82, 2.24) is 14.9 Å². The molecule has 150 valence electrons. The topological polar surface area (TPSA) is 73.8 Å². The van der Waals surface area contributed by atoms with Gasteiger partial charge in [0.25, 0.3) is 10.0 Å². The van der Waals surface area contributed by atoms with Crippen LogP contribution in [0.25, 0.3) is 0 Å². The maximum Gasteiger partial charge on any atom is 0.252 e. The van der Waals surface area contributed by atoms with E-state index in [0.717, 1.165) is 10.4 Å². The zero-order chi connectivity index (χ0) is 19.3. The average molecular weight is 563 g/mol. The van der Waals surface area contributed by atoms with Gasteiger partial charge >= 0.3 is 0 Å². The van der Waals surface area contributed by atoms with Gasteiger partial charge in [-0.3, -0.25) is 4.99 Å². The minimum atomic E-state index is -3.40. The number of aliphatic imine (C=N–C) groups is 1. The van der Waals surface area contributed by atoms with E-state index in [-0.39, 0.29) is 24.0 Å². The maximum absolute atomic E-state index is 12.1. The van der Waals surface area contributed by atoms with E-state index in [9.17, 15) is 8.42 Å². The molecule has 0 aliphatic heterocycles. The molecule has 2 rings (SSSR count). The van der Waals surface area contributed by atoms with Crippen LogP contribution in [0.1, 0.15) is 10.4 Å². The van der Waals surface area contributed by atoms with E-state index in [0.29, 0.717) is 33.3 Å². The van der Waals surface area contributed by atoms with Gasteiger partial charge in [0.15, 0.2) is 5.96 Å². The van der Waals surface area contributed by atoms with Crippen molar-refractivity contribution in [3.8, 4) is 0 Å². The predicted molar refractivity (Wildman–Crippen MR) is 124 cm³/mol. The Bertz CT molecular complexity index is 902. The van der Waals surface area contributed by atoms with E-state index >= 15 is 0 Å². The summed E-state index contributed by atoms with van der Waals surface area (Å²) in [6.45, 7) is 0.946. The molecule has 1 aromatic carbocycles. The van der Waals surface area contributed by atoms with Crippen LogP contribution in [0.3, 0.4) is 0 Å². The van der Waals surface area contributed by atoms with Gasteiger partial charge in [0.2, 0.25) is 0 Å². The molecule has 0 saturated heterocycles. The summed E-state index contributed by atoms with van der Waals surface area (Å²) in [5.41, 5.74) is 0.898. The molecule has 0 saturated carbocycles. The lowest BCUT2D eigenvalue weighted by Gasteiger charge is -2.12. The molecule has 0 unspecified atom stereocenters. The molecule has 0 amide bonds. The third kappa shape index (κ3) is 6.75. The Kier molecular flexibility index (Phi) is 9.80. The highest BCUT2D eigenvalue weighted by Crippen LogP contribution is 2.23. The van der Waals surface area contributed by atoms with Crippen molar-refractivity contribution in [2.75, 3.05) is 21.1 Å². The Morgan fingerprint density at radius 2 is 1.81 bits per heavy atom. The van der Waals surface area contributed by atoms with Crippen molar-refractivity contribution in [2.24, 2.45) is 4.99 Å². The minimum absolute atomic E-state index is 0. The number of halogens is 3. The minimum Gasteiger partial charge on any atom is -0.352 e. The predicted octanol–water partition coefficient (Wildman–Crippen LogP) is 3.79. The Morgan fingerprint density at radius 1 is 1.15 bits per heavy atom. The van der Waals surface area contributed by atoms with Crippen LogP contribution >= 0.6 is 58.5 Å². The van der Waals surface area contributed by atoms with Gasteiger partial charge in [0.1, 0.15) is 4.21 Å². The summed E-state index contributed by atoms with van der Waals surface area (Å²) in [4.78, 5) is 5.04. The number of benzene rings is 1. The van der Waals surface area contributed by atoms with Crippen molar-refractivity contribution in [3.63, 3.8) is 0 Å². The number of nitrogens with zero attached hydrogens (tertiary/aromatic N) is 2. The zero-order valence-corrected chi connectivity index (χ0v) is 20.5. The van der Waals surface area contributed by atoms with E-state index in [1.165, 1.54) is 29.7 Å². The molecule has 0 bridgehead atoms. The van der Waals surface area contributed by atoms with E-state index in [1.807, 2.05) is 6.07 Å². The molecule has 0 spiro atoms. The lowest BCUT2D eigenvalue weighted by Crippen LogP contribution is -2.36. The quantitative estimate of drug-likeness (QED) is 0.319. The molecule has 0 fully saturated rings. The summed E-state index contributed by atoms with van der Waals surface area (Å²) in [5, 5.41) is 7.48. The van der Waals surface area contributed by atoms with Gasteiger partial charge in [-0.1, -0.05) is 29.3 Å². The summed E-state index contributed by atoms with van der Waals surface area (Å²) in [6, 6.07) is 8.72. The summed E-state index contributed by atoms with van der Waals surface area (Å²) in [6.07, 6.45) is 0. The number of hydrogen-bond acceptors (Lipinski definition) is 4. The van der Waals surface area contributed by atoms with Crippen LogP contribution in [0, 0.1) is 0 Å². The fourth-order valence-corrected chi connectivity index (χ4v) is 4.95. The molecule has 1 aromatic heterocycles. The van der Waals surface area contributed by atoms with Gasteiger partial charge in [-0.05, 0) is 29.8 Å². The fraction of sp³-hybridized carbons (Fsp3) is 0.312. The van der Waals surface area contributed by atoms with E-state index in [4.69, 9.17) is 23.2 Å². The van der Waals surface area contributed by atoms with E-state index in [2.05, 4.69) is 15.6 Å². The van der Waals surface area contributed by atoms with Gasteiger partial charge in [0, 0.05) is 42.6 Å². The standard InChI is InChI=1S/C16H20Cl2N4O2S2.HI/c1-19-16(20-9-11-4-5-12(17)8-14(11)18)21-10-13-6-7-15(25-13)26(23,24)22(2)3;/h4-8H,9-10H2,1-3H3,(H2,19,20,21);1H. The largest absolute Gasteiger partial charge is 0.352 e. The van der Waals surface area contributed by atoms with Crippen molar-refractivity contribution < 1.29 is 8.42 Å². The Morgan fingerprint density at radius 3 is 2.41 bits per heavy atom. The molecular formula is C16H21Cl2IN4O2S2. The van der Waals surface area contributed by atoms with Crippen molar-refractivity contribution in [3.05, 3.63) is 50.8 Å². The van der Waals surface area contributed by atoms with Crippen LogP contribution in [0.4, 0.5) is 0 Å². The SMILES string of the molecule is CN=C(NCc1ccc(S(=O)(=O)N(C)C)s1)NCc1ccc(Cl)cc1Cl.I. The number of sulfonamides is 1. The Balaban J connectivity index is 0.00000364. The first-order chi connectivity index (χ1) is 12.2. The molecule has 11 heteroatoms.